The number of guanidine groups is 1. The van der Waals surface area contributed by atoms with Crippen LogP contribution in [-0.2, 0) is 11.3 Å². The Kier molecular flexibility index (Phi) is 8.94. The number of para-hydroxylation sites is 1. The SMILES string of the molecule is CCNC(=NCC1(NC(C)c2ccccc2)CCOCC1)N(C)Cc1ccccc1OC. The minimum atomic E-state index is -0.0839. The number of ether oxygens (including phenoxy) is 2. The van der Waals surface area contributed by atoms with Crippen molar-refractivity contribution in [1.82, 2.24) is 15.5 Å². The summed E-state index contributed by atoms with van der Waals surface area (Å²) in [5.41, 5.74) is 2.35. The van der Waals surface area contributed by atoms with Crippen LogP contribution in [0.4, 0.5) is 0 Å². The van der Waals surface area contributed by atoms with Gasteiger partial charge in [-0.05, 0) is 38.3 Å². The summed E-state index contributed by atoms with van der Waals surface area (Å²) in [7, 11) is 3.79. The molecule has 32 heavy (non-hydrogen) atoms. The van der Waals surface area contributed by atoms with Gasteiger partial charge in [0.2, 0.25) is 0 Å². The van der Waals surface area contributed by atoms with E-state index in [0.29, 0.717) is 6.54 Å². The molecule has 6 nitrogen and oxygen atoms in total. The van der Waals surface area contributed by atoms with Crippen LogP contribution in [0, 0.1) is 0 Å². The van der Waals surface area contributed by atoms with Crippen LogP contribution in [0.25, 0.3) is 0 Å². The maximum atomic E-state index is 5.69. The molecule has 1 heterocycles. The third kappa shape index (κ3) is 6.47. The fraction of sp³-hybridized carbons (Fsp3) is 0.500. The summed E-state index contributed by atoms with van der Waals surface area (Å²) >= 11 is 0. The van der Waals surface area contributed by atoms with Crippen LogP contribution >= 0.6 is 0 Å². The van der Waals surface area contributed by atoms with Crippen molar-refractivity contribution in [2.45, 2.75) is 44.8 Å². The molecule has 174 valence electrons. The Bertz CT molecular complexity index is 850. The molecule has 0 spiro atoms. The van der Waals surface area contributed by atoms with Gasteiger partial charge in [-0.3, -0.25) is 4.99 Å². The van der Waals surface area contributed by atoms with Crippen LogP contribution in [0.5, 0.6) is 5.75 Å². The first-order valence-electron chi connectivity index (χ1n) is 11.6. The van der Waals surface area contributed by atoms with Gasteiger partial charge in [-0.25, -0.2) is 0 Å². The molecule has 1 atom stereocenters. The van der Waals surface area contributed by atoms with Crippen molar-refractivity contribution in [2.75, 3.05) is 40.5 Å². The first-order valence-corrected chi connectivity index (χ1v) is 11.6. The van der Waals surface area contributed by atoms with Gasteiger partial charge in [0.25, 0.3) is 0 Å². The Hall–Kier alpha value is -2.57. The Labute approximate surface area is 193 Å². The van der Waals surface area contributed by atoms with Crippen molar-refractivity contribution >= 4 is 5.96 Å². The van der Waals surface area contributed by atoms with Crippen molar-refractivity contribution in [3.05, 3.63) is 65.7 Å². The van der Waals surface area contributed by atoms with E-state index in [1.807, 2.05) is 18.2 Å². The topological polar surface area (TPSA) is 58.1 Å². The molecule has 0 amide bonds. The van der Waals surface area contributed by atoms with Crippen LogP contribution in [0.3, 0.4) is 0 Å². The summed E-state index contributed by atoms with van der Waals surface area (Å²) in [5, 5.41) is 7.36. The van der Waals surface area contributed by atoms with Gasteiger partial charge >= 0.3 is 0 Å². The molecule has 0 bridgehead atoms. The summed E-state index contributed by atoms with van der Waals surface area (Å²) in [6.07, 6.45) is 1.90. The van der Waals surface area contributed by atoms with Crippen LogP contribution in [0.1, 0.15) is 43.9 Å². The first kappa shape index (κ1) is 24.1. The van der Waals surface area contributed by atoms with Crippen LogP contribution in [0.2, 0.25) is 0 Å². The number of hydrogen-bond acceptors (Lipinski definition) is 4. The van der Waals surface area contributed by atoms with Gasteiger partial charge in [-0.2, -0.15) is 0 Å². The second kappa shape index (κ2) is 11.9. The standard InChI is InChI=1S/C26H38N4O2/c1-5-27-25(30(3)19-23-13-9-10-14-24(23)31-4)28-20-26(15-17-32-18-16-26)29-21(2)22-11-7-6-8-12-22/h6-14,21,29H,5,15-20H2,1-4H3,(H,27,28). The highest BCUT2D eigenvalue weighted by atomic mass is 16.5. The third-order valence-electron chi connectivity index (χ3n) is 6.10. The maximum absolute atomic E-state index is 5.69. The van der Waals surface area contributed by atoms with Gasteiger partial charge < -0.3 is 25.0 Å². The average Bonchev–Trinajstić information content (AvgIpc) is 2.83. The van der Waals surface area contributed by atoms with Gasteiger partial charge in [0.05, 0.1) is 13.7 Å². The maximum Gasteiger partial charge on any atom is 0.194 e. The summed E-state index contributed by atoms with van der Waals surface area (Å²) in [6.45, 7) is 8.10. The molecule has 0 saturated carbocycles. The molecular formula is C26H38N4O2. The zero-order valence-corrected chi connectivity index (χ0v) is 19.9. The molecule has 2 N–H and O–H groups in total. The predicted octanol–water partition coefficient (Wildman–Crippen LogP) is 3.99. The van der Waals surface area contributed by atoms with Crippen LogP contribution in [-0.4, -0.2) is 56.9 Å². The number of benzene rings is 2. The highest BCUT2D eigenvalue weighted by molar-refractivity contribution is 5.79. The summed E-state index contributed by atoms with van der Waals surface area (Å²) in [5.74, 6) is 1.80. The lowest BCUT2D eigenvalue weighted by molar-refractivity contribution is 0.0373. The zero-order valence-electron chi connectivity index (χ0n) is 19.9. The second-order valence-electron chi connectivity index (χ2n) is 8.51. The summed E-state index contributed by atoms with van der Waals surface area (Å²) in [4.78, 5) is 7.24. The van der Waals surface area contributed by atoms with Crippen molar-refractivity contribution < 1.29 is 9.47 Å². The predicted molar refractivity (Wildman–Crippen MR) is 131 cm³/mol. The van der Waals surface area contributed by atoms with Crippen molar-refractivity contribution in [1.29, 1.82) is 0 Å². The van der Waals surface area contributed by atoms with Gasteiger partial charge in [0.1, 0.15) is 5.75 Å². The minimum Gasteiger partial charge on any atom is -0.496 e. The molecule has 0 aliphatic carbocycles. The lowest BCUT2D eigenvalue weighted by atomic mass is 9.88. The monoisotopic (exact) mass is 438 g/mol. The Morgan fingerprint density at radius 2 is 1.81 bits per heavy atom. The van der Waals surface area contributed by atoms with Crippen molar-refractivity contribution in [3.63, 3.8) is 0 Å². The van der Waals surface area contributed by atoms with E-state index in [0.717, 1.165) is 56.4 Å². The molecule has 0 aromatic heterocycles. The fourth-order valence-electron chi connectivity index (χ4n) is 4.25. The normalized spacial score (nSPS) is 16.9. The van der Waals surface area contributed by atoms with Gasteiger partial charge in [-0.15, -0.1) is 0 Å². The van der Waals surface area contributed by atoms with Crippen LogP contribution in [0.15, 0.2) is 59.6 Å². The lowest BCUT2D eigenvalue weighted by Crippen LogP contribution is -2.53. The van der Waals surface area contributed by atoms with Crippen molar-refractivity contribution in [3.8, 4) is 5.75 Å². The van der Waals surface area contributed by atoms with Crippen molar-refractivity contribution in [2.24, 2.45) is 4.99 Å². The molecule has 2 aromatic rings. The fourth-order valence-corrected chi connectivity index (χ4v) is 4.25. The van der Waals surface area contributed by atoms with Crippen LogP contribution < -0.4 is 15.4 Å². The number of nitrogens with one attached hydrogen (secondary N) is 2. The van der Waals surface area contributed by atoms with E-state index in [1.54, 1.807) is 7.11 Å². The summed E-state index contributed by atoms with van der Waals surface area (Å²) in [6, 6.07) is 19.0. The van der Waals surface area contributed by atoms with E-state index in [4.69, 9.17) is 14.5 Å². The van der Waals surface area contributed by atoms with Gasteiger partial charge in [0, 0.05) is 50.5 Å². The van der Waals surface area contributed by atoms with E-state index in [2.05, 4.69) is 72.8 Å². The number of nitrogens with zero attached hydrogens (tertiary/aromatic N) is 2. The van der Waals surface area contributed by atoms with E-state index < -0.39 is 0 Å². The quantitative estimate of drug-likeness (QED) is 0.458. The molecule has 1 saturated heterocycles. The molecule has 1 aliphatic rings. The molecular weight excluding hydrogens is 400 g/mol. The molecule has 6 heteroatoms. The smallest absolute Gasteiger partial charge is 0.194 e. The molecule has 1 unspecified atom stereocenters. The van der Waals surface area contributed by atoms with E-state index in [1.165, 1.54) is 5.56 Å². The average molecular weight is 439 g/mol. The minimum absolute atomic E-state index is 0.0839. The third-order valence-corrected chi connectivity index (χ3v) is 6.10. The summed E-state index contributed by atoms with van der Waals surface area (Å²) < 4.78 is 11.2. The zero-order chi connectivity index (χ0) is 22.8. The van der Waals surface area contributed by atoms with Gasteiger partial charge in [0.15, 0.2) is 5.96 Å². The first-order chi connectivity index (χ1) is 15.6. The lowest BCUT2D eigenvalue weighted by Gasteiger charge is -2.40. The van der Waals surface area contributed by atoms with E-state index >= 15 is 0 Å². The largest absolute Gasteiger partial charge is 0.496 e. The number of methoxy groups -OCH3 is 1. The molecule has 1 aliphatic heterocycles. The van der Waals surface area contributed by atoms with E-state index in [9.17, 15) is 0 Å². The number of rotatable bonds is 9. The van der Waals surface area contributed by atoms with Gasteiger partial charge in [-0.1, -0.05) is 48.5 Å². The second-order valence-corrected chi connectivity index (χ2v) is 8.51. The molecule has 3 rings (SSSR count). The molecule has 1 fully saturated rings. The Morgan fingerprint density at radius 1 is 1.12 bits per heavy atom. The highest BCUT2D eigenvalue weighted by Crippen LogP contribution is 2.26. The van der Waals surface area contributed by atoms with E-state index in [-0.39, 0.29) is 11.6 Å². The molecule has 2 aromatic carbocycles. The highest BCUT2D eigenvalue weighted by Gasteiger charge is 2.34. The number of hydrogen-bond donors (Lipinski definition) is 2. The Morgan fingerprint density at radius 3 is 2.50 bits per heavy atom. The number of aliphatic imine (C=N–C) groups is 1. The Balaban J connectivity index is 1.76. The molecule has 0 radical (unpaired) electrons.